The highest BCUT2D eigenvalue weighted by Crippen LogP contribution is 2.23. The van der Waals surface area contributed by atoms with Crippen molar-refractivity contribution in [1.29, 1.82) is 0 Å². The molecule has 1 heterocycles. The molecule has 2 aromatic rings. The Kier molecular flexibility index (Phi) is 7.53. The summed E-state index contributed by atoms with van der Waals surface area (Å²) < 4.78 is 0. The van der Waals surface area contributed by atoms with E-state index in [0.717, 1.165) is 36.1 Å². The number of carbonyl (C=O) groups excluding carboxylic acids is 2. The van der Waals surface area contributed by atoms with E-state index in [0.29, 0.717) is 12.5 Å². The number of aryl methyl sites for hydroxylation is 2. The van der Waals surface area contributed by atoms with E-state index in [1.165, 1.54) is 0 Å². The molecule has 0 unspecified atom stereocenters. The molecule has 144 valence electrons. The lowest BCUT2D eigenvalue weighted by molar-refractivity contribution is 0.0947. The Labute approximate surface area is 161 Å². The predicted octanol–water partition coefficient (Wildman–Crippen LogP) is 4.23. The van der Waals surface area contributed by atoms with Gasteiger partial charge in [0.2, 0.25) is 0 Å². The van der Waals surface area contributed by atoms with Gasteiger partial charge in [-0.15, -0.1) is 0 Å². The molecular weight excluding hydrogens is 338 g/mol. The molecule has 0 aliphatic rings. The molecule has 27 heavy (non-hydrogen) atoms. The lowest BCUT2D eigenvalue weighted by Gasteiger charge is -2.14. The number of para-hydroxylation sites is 1. The van der Waals surface area contributed by atoms with E-state index >= 15 is 0 Å². The van der Waals surface area contributed by atoms with Crippen molar-refractivity contribution >= 4 is 17.5 Å². The number of nitrogens with zero attached hydrogens (tertiary/aromatic N) is 1. The van der Waals surface area contributed by atoms with Crippen LogP contribution in [0.15, 0.2) is 36.4 Å². The van der Waals surface area contributed by atoms with Crippen LogP contribution >= 0.6 is 0 Å². The van der Waals surface area contributed by atoms with E-state index in [4.69, 9.17) is 0 Å². The Morgan fingerprint density at radius 1 is 0.926 bits per heavy atom. The molecule has 0 aliphatic carbocycles. The number of amides is 2. The second-order valence-corrected chi connectivity index (χ2v) is 6.96. The van der Waals surface area contributed by atoms with E-state index in [9.17, 15) is 9.59 Å². The second kappa shape index (κ2) is 9.86. The van der Waals surface area contributed by atoms with Gasteiger partial charge in [0.25, 0.3) is 11.8 Å². The van der Waals surface area contributed by atoms with Crippen LogP contribution in [0.3, 0.4) is 0 Å². The highest BCUT2D eigenvalue weighted by atomic mass is 16.2. The average Bonchev–Trinajstić information content (AvgIpc) is 2.67. The Morgan fingerprint density at radius 3 is 2.04 bits per heavy atom. The number of aromatic nitrogens is 1. The quantitative estimate of drug-likeness (QED) is 0.733. The molecule has 0 saturated carbocycles. The van der Waals surface area contributed by atoms with Crippen molar-refractivity contribution in [1.82, 2.24) is 10.3 Å². The predicted molar refractivity (Wildman–Crippen MR) is 109 cm³/mol. The van der Waals surface area contributed by atoms with E-state index < -0.39 is 0 Å². The van der Waals surface area contributed by atoms with Crippen LogP contribution in [0.2, 0.25) is 0 Å². The van der Waals surface area contributed by atoms with Gasteiger partial charge in [-0.1, -0.05) is 52.0 Å². The number of hydrogen-bond acceptors (Lipinski definition) is 3. The van der Waals surface area contributed by atoms with Crippen molar-refractivity contribution in [2.45, 2.75) is 47.0 Å². The van der Waals surface area contributed by atoms with Crippen LogP contribution in [-0.2, 0) is 12.8 Å². The molecular formula is C22H29N3O2. The Bertz CT molecular complexity index is 778. The molecule has 0 fully saturated rings. The van der Waals surface area contributed by atoms with E-state index in [1.807, 2.05) is 18.2 Å². The molecule has 0 aliphatic heterocycles. The van der Waals surface area contributed by atoms with Gasteiger partial charge in [-0.05, 0) is 48.4 Å². The van der Waals surface area contributed by atoms with Gasteiger partial charge in [0, 0.05) is 12.2 Å². The first-order chi connectivity index (χ1) is 13.0. The number of carbonyl (C=O) groups is 2. The van der Waals surface area contributed by atoms with Gasteiger partial charge in [0.05, 0.1) is 0 Å². The maximum absolute atomic E-state index is 12.7. The van der Waals surface area contributed by atoms with Crippen molar-refractivity contribution in [2.24, 2.45) is 5.92 Å². The number of rotatable bonds is 8. The molecule has 0 atom stereocenters. The van der Waals surface area contributed by atoms with Crippen LogP contribution in [0, 0.1) is 5.92 Å². The molecule has 5 heteroatoms. The maximum atomic E-state index is 12.7. The summed E-state index contributed by atoms with van der Waals surface area (Å²) in [5, 5.41) is 5.84. The lowest BCUT2D eigenvalue weighted by Crippen LogP contribution is -2.27. The third-order valence-electron chi connectivity index (χ3n) is 4.46. The van der Waals surface area contributed by atoms with Gasteiger partial charge in [-0.25, -0.2) is 4.98 Å². The van der Waals surface area contributed by atoms with Crippen LogP contribution < -0.4 is 10.6 Å². The monoisotopic (exact) mass is 367 g/mol. The number of anilines is 1. The summed E-state index contributed by atoms with van der Waals surface area (Å²) in [7, 11) is 0. The first kappa shape index (κ1) is 20.6. The average molecular weight is 367 g/mol. The van der Waals surface area contributed by atoms with E-state index in [1.54, 1.807) is 18.2 Å². The minimum absolute atomic E-state index is 0.236. The molecule has 2 N–H and O–H groups in total. The topological polar surface area (TPSA) is 71.1 Å². The second-order valence-electron chi connectivity index (χ2n) is 6.96. The molecule has 2 rings (SSSR count). The van der Waals surface area contributed by atoms with E-state index in [2.05, 4.69) is 43.3 Å². The van der Waals surface area contributed by atoms with Crippen molar-refractivity contribution in [3.05, 3.63) is 58.9 Å². The first-order valence-corrected chi connectivity index (χ1v) is 9.63. The summed E-state index contributed by atoms with van der Waals surface area (Å²) in [6.07, 6.45) is 2.56. The van der Waals surface area contributed by atoms with Gasteiger partial charge in [0.15, 0.2) is 0 Å². The first-order valence-electron chi connectivity index (χ1n) is 9.63. The van der Waals surface area contributed by atoms with Crippen LogP contribution in [-0.4, -0.2) is 23.3 Å². The van der Waals surface area contributed by atoms with Crippen LogP contribution in [0.5, 0.6) is 0 Å². The maximum Gasteiger partial charge on any atom is 0.274 e. The minimum atomic E-state index is -0.303. The largest absolute Gasteiger partial charge is 0.351 e. The highest BCUT2D eigenvalue weighted by Gasteiger charge is 2.15. The standard InChI is InChI=1S/C22H29N3O2/c1-5-16-9-7-10-17(6-2)20(16)25-22(27)19-12-8-11-18(24-19)21(26)23-14-13-15(3)4/h7-12,15H,5-6,13-14H2,1-4H3,(H,23,26)(H,25,27). The molecule has 0 bridgehead atoms. The fourth-order valence-corrected chi connectivity index (χ4v) is 2.83. The van der Waals surface area contributed by atoms with Gasteiger partial charge >= 0.3 is 0 Å². The zero-order chi connectivity index (χ0) is 19.8. The third-order valence-corrected chi connectivity index (χ3v) is 4.46. The molecule has 1 aromatic heterocycles. The molecule has 5 nitrogen and oxygen atoms in total. The molecule has 0 saturated heterocycles. The fourth-order valence-electron chi connectivity index (χ4n) is 2.83. The van der Waals surface area contributed by atoms with Gasteiger partial charge in [-0.2, -0.15) is 0 Å². The fraction of sp³-hybridized carbons (Fsp3) is 0.409. The highest BCUT2D eigenvalue weighted by molar-refractivity contribution is 6.04. The van der Waals surface area contributed by atoms with Gasteiger partial charge < -0.3 is 10.6 Å². The minimum Gasteiger partial charge on any atom is -0.351 e. The molecule has 0 radical (unpaired) electrons. The van der Waals surface area contributed by atoms with Crippen molar-refractivity contribution in [3.8, 4) is 0 Å². The van der Waals surface area contributed by atoms with Crippen molar-refractivity contribution in [2.75, 3.05) is 11.9 Å². The summed E-state index contributed by atoms with van der Waals surface area (Å²) in [6.45, 7) is 8.93. The summed E-state index contributed by atoms with van der Waals surface area (Å²) in [4.78, 5) is 29.2. The van der Waals surface area contributed by atoms with Gasteiger partial charge in [-0.3, -0.25) is 9.59 Å². The lowest BCUT2D eigenvalue weighted by atomic mass is 10.0. The third kappa shape index (κ3) is 5.64. The number of nitrogens with one attached hydrogen (secondary N) is 2. The van der Waals surface area contributed by atoms with Gasteiger partial charge in [0.1, 0.15) is 11.4 Å². The number of pyridine rings is 1. The number of hydrogen-bond donors (Lipinski definition) is 2. The summed E-state index contributed by atoms with van der Waals surface area (Å²) in [6, 6.07) is 11.0. The van der Waals surface area contributed by atoms with Crippen LogP contribution in [0.25, 0.3) is 0 Å². The van der Waals surface area contributed by atoms with Crippen molar-refractivity contribution in [3.63, 3.8) is 0 Å². The zero-order valence-corrected chi connectivity index (χ0v) is 16.6. The smallest absolute Gasteiger partial charge is 0.274 e. The Balaban J connectivity index is 2.15. The zero-order valence-electron chi connectivity index (χ0n) is 16.6. The Hall–Kier alpha value is -2.69. The van der Waals surface area contributed by atoms with Crippen LogP contribution in [0.4, 0.5) is 5.69 Å². The molecule has 1 aromatic carbocycles. The summed E-state index contributed by atoms with van der Waals surface area (Å²) in [5.74, 6) is -0.0438. The summed E-state index contributed by atoms with van der Waals surface area (Å²) in [5.41, 5.74) is 3.52. The molecule has 2 amide bonds. The van der Waals surface area contributed by atoms with Crippen LogP contribution in [0.1, 0.15) is 66.2 Å². The Morgan fingerprint density at radius 2 is 1.48 bits per heavy atom. The normalized spacial score (nSPS) is 10.7. The SMILES string of the molecule is CCc1cccc(CC)c1NC(=O)c1cccc(C(=O)NCCC(C)C)n1. The summed E-state index contributed by atoms with van der Waals surface area (Å²) >= 11 is 0. The van der Waals surface area contributed by atoms with Crippen molar-refractivity contribution < 1.29 is 9.59 Å². The number of benzene rings is 1. The van der Waals surface area contributed by atoms with E-state index in [-0.39, 0.29) is 23.2 Å². The molecule has 0 spiro atoms.